The summed E-state index contributed by atoms with van der Waals surface area (Å²) in [6.45, 7) is 2.68. The molecule has 2 rings (SSSR count). The minimum absolute atomic E-state index is 0.0351. The van der Waals surface area contributed by atoms with Gasteiger partial charge in [-0.05, 0) is 24.1 Å². The lowest BCUT2D eigenvalue weighted by Gasteiger charge is -2.02. The number of rotatable bonds is 6. The third-order valence-electron chi connectivity index (χ3n) is 2.78. The topological polar surface area (TPSA) is 59.8 Å². The highest BCUT2D eigenvalue weighted by Gasteiger charge is 2.06. The van der Waals surface area contributed by atoms with E-state index in [0.717, 1.165) is 22.9 Å². The van der Waals surface area contributed by atoms with E-state index in [4.69, 9.17) is 0 Å². The van der Waals surface area contributed by atoms with E-state index in [1.165, 1.54) is 0 Å². The first kappa shape index (κ1) is 14.7. The number of carbonyl (C=O) groups is 1. The van der Waals surface area contributed by atoms with Crippen molar-refractivity contribution in [3.63, 3.8) is 0 Å². The van der Waals surface area contributed by atoms with Gasteiger partial charge in [0.05, 0.1) is 6.54 Å². The van der Waals surface area contributed by atoms with Crippen LogP contribution in [0.1, 0.15) is 31.7 Å². The van der Waals surface area contributed by atoms with Crippen molar-refractivity contribution in [2.75, 3.05) is 5.32 Å². The van der Waals surface area contributed by atoms with Crippen molar-refractivity contribution in [1.82, 2.24) is 14.8 Å². The van der Waals surface area contributed by atoms with Crippen molar-refractivity contribution >= 4 is 27.8 Å². The maximum absolute atomic E-state index is 11.6. The lowest BCUT2D eigenvalue weighted by molar-refractivity contribution is -0.116. The fourth-order valence-electron chi connectivity index (χ4n) is 1.78. The zero-order valence-electron chi connectivity index (χ0n) is 11.3. The van der Waals surface area contributed by atoms with Gasteiger partial charge in [0.1, 0.15) is 6.33 Å². The molecule has 0 radical (unpaired) electrons. The predicted molar refractivity (Wildman–Crippen MR) is 81.4 cm³/mol. The van der Waals surface area contributed by atoms with E-state index in [9.17, 15) is 4.79 Å². The van der Waals surface area contributed by atoms with E-state index >= 15 is 0 Å². The van der Waals surface area contributed by atoms with Gasteiger partial charge in [0.25, 0.3) is 0 Å². The largest absolute Gasteiger partial charge is 0.293 e. The number of nitrogens with zero attached hydrogens (tertiary/aromatic N) is 3. The highest BCUT2D eigenvalue weighted by atomic mass is 79.9. The molecule has 0 unspecified atom stereocenters. The highest BCUT2D eigenvalue weighted by Crippen LogP contribution is 2.12. The Bertz CT molecular complexity index is 582. The quantitative estimate of drug-likeness (QED) is 0.880. The zero-order chi connectivity index (χ0) is 14.4. The number of halogens is 1. The van der Waals surface area contributed by atoms with Crippen LogP contribution >= 0.6 is 15.9 Å². The number of unbranched alkanes of at least 4 members (excludes halogenated alkanes) is 1. The standard InChI is InChI=1S/C14H17BrN4O/c1-2-3-7-13(20)17-14-16-10-19(18-14)9-11-5-4-6-12(15)8-11/h4-6,8,10H,2-3,7,9H2,1H3,(H,17,18,20). The first-order chi connectivity index (χ1) is 9.67. The van der Waals surface area contributed by atoms with Gasteiger partial charge in [0.2, 0.25) is 11.9 Å². The molecule has 1 N–H and O–H groups in total. The Hall–Kier alpha value is -1.69. The molecular formula is C14H17BrN4O. The molecule has 1 aromatic heterocycles. The van der Waals surface area contributed by atoms with Crippen molar-refractivity contribution < 1.29 is 4.79 Å². The normalized spacial score (nSPS) is 10.5. The Kier molecular flexibility index (Phi) is 5.29. The molecule has 20 heavy (non-hydrogen) atoms. The van der Waals surface area contributed by atoms with Gasteiger partial charge in [-0.15, -0.1) is 5.10 Å². The molecule has 0 aliphatic rings. The van der Waals surface area contributed by atoms with E-state index in [-0.39, 0.29) is 5.91 Å². The number of anilines is 1. The van der Waals surface area contributed by atoms with Gasteiger partial charge in [-0.3, -0.25) is 10.1 Å². The SMILES string of the molecule is CCCCC(=O)Nc1ncn(Cc2cccc(Br)c2)n1. The molecule has 0 saturated carbocycles. The number of aromatic nitrogens is 3. The van der Waals surface area contributed by atoms with Gasteiger partial charge in [0.15, 0.2) is 0 Å². The van der Waals surface area contributed by atoms with Gasteiger partial charge in [-0.25, -0.2) is 9.67 Å². The maximum Gasteiger partial charge on any atom is 0.248 e. The summed E-state index contributed by atoms with van der Waals surface area (Å²) in [6, 6.07) is 8.00. The monoisotopic (exact) mass is 336 g/mol. The second-order valence-corrected chi connectivity index (χ2v) is 5.46. The zero-order valence-corrected chi connectivity index (χ0v) is 12.9. The second-order valence-electron chi connectivity index (χ2n) is 4.55. The summed E-state index contributed by atoms with van der Waals surface area (Å²) in [5.74, 6) is 0.327. The van der Waals surface area contributed by atoms with Crippen LogP contribution in [0.5, 0.6) is 0 Å². The number of hydrogen-bond acceptors (Lipinski definition) is 3. The maximum atomic E-state index is 11.6. The van der Waals surface area contributed by atoms with Gasteiger partial charge in [-0.2, -0.15) is 0 Å². The van der Waals surface area contributed by atoms with Crippen LogP contribution in [0.15, 0.2) is 35.1 Å². The molecular weight excluding hydrogens is 320 g/mol. The Morgan fingerprint density at radius 2 is 2.30 bits per heavy atom. The summed E-state index contributed by atoms with van der Waals surface area (Å²) in [5, 5.41) is 6.94. The summed E-state index contributed by atoms with van der Waals surface area (Å²) in [6.07, 6.45) is 4.01. The number of amides is 1. The van der Waals surface area contributed by atoms with Crippen LogP contribution in [0.4, 0.5) is 5.95 Å². The number of carbonyl (C=O) groups excluding carboxylic acids is 1. The van der Waals surface area contributed by atoms with Gasteiger partial charge >= 0.3 is 0 Å². The third kappa shape index (κ3) is 4.45. The van der Waals surface area contributed by atoms with E-state index in [2.05, 4.69) is 38.3 Å². The van der Waals surface area contributed by atoms with Crippen LogP contribution < -0.4 is 5.32 Å². The Balaban J connectivity index is 1.93. The van der Waals surface area contributed by atoms with Crippen molar-refractivity contribution in [2.24, 2.45) is 0 Å². The molecule has 0 aliphatic heterocycles. The van der Waals surface area contributed by atoms with Crippen molar-refractivity contribution in [1.29, 1.82) is 0 Å². The first-order valence-electron chi connectivity index (χ1n) is 6.61. The van der Waals surface area contributed by atoms with Gasteiger partial charge in [0, 0.05) is 10.9 Å². The van der Waals surface area contributed by atoms with Gasteiger partial charge in [-0.1, -0.05) is 41.4 Å². The molecule has 6 heteroatoms. The highest BCUT2D eigenvalue weighted by molar-refractivity contribution is 9.10. The van der Waals surface area contributed by atoms with E-state index < -0.39 is 0 Å². The minimum Gasteiger partial charge on any atom is -0.293 e. The molecule has 106 valence electrons. The van der Waals surface area contributed by atoms with E-state index in [1.807, 2.05) is 24.3 Å². The van der Waals surface area contributed by atoms with Crippen LogP contribution in [0.3, 0.4) is 0 Å². The molecule has 0 saturated heterocycles. The molecule has 1 aromatic carbocycles. The minimum atomic E-state index is -0.0351. The second kappa shape index (κ2) is 7.19. The molecule has 0 spiro atoms. The fourth-order valence-corrected chi connectivity index (χ4v) is 2.22. The fraction of sp³-hybridized carbons (Fsp3) is 0.357. The molecule has 0 aliphatic carbocycles. The molecule has 0 fully saturated rings. The number of benzene rings is 1. The van der Waals surface area contributed by atoms with Crippen LogP contribution in [0, 0.1) is 0 Å². The molecule has 1 heterocycles. The molecule has 0 bridgehead atoms. The van der Waals surface area contributed by atoms with Crippen LogP contribution in [0.25, 0.3) is 0 Å². The molecule has 1 amide bonds. The Morgan fingerprint density at radius 1 is 1.45 bits per heavy atom. The average molecular weight is 337 g/mol. The smallest absolute Gasteiger partial charge is 0.248 e. The molecule has 5 nitrogen and oxygen atoms in total. The average Bonchev–Trinajstić information content (AvgIpc) is 2.83. The lowest BCUT2D eigenvalue weighted by Crippen LogP contribution is -2.12. The summed E-state index contributed by atoms with van der Waals surface area (Å²) in [5.41, 5.74) is 1.12. The van der Waals surface area contributed by atoms with E-state index in [1.54, 1.807) is 11.0 Å². The summed E-state index contributed by atoms with van der Waals surface area (Å²) in [7, 11) is 0. The van der Waals surface area contributed by atoms with Crippen LogP contribution in [0.2, 0.25) is 0 Å². The van der Waals surface area contributed by atoms with Crippen molar-refractivity contribution in [3.8, 4) is 0 Å². The number of nitrogens with one attached hydrogen (secondary N) is 1. The number of hydrogen-bond donors (Lipinski definition) is 1. The van der Waals surface area contributed by atoms with Crippen LogP contribution in [-0.2, 0) is 11.3 Å². The lowest BCUT2D eigenvalue weighted by atomic mass is 10.2. The van der Waals surface area contributed by atoms with Crippen LogP contribution in [-0.4, -0.2) is 20.7 Å². The van der Waals surface area contributed by atoms with Gasteiger partial charge < -0.3 is 0 Å². The summed E-state index contributed by atoms with van der Waals surface area (Å²) < 4.78 is 2.74. The molecule has 0 atom stereocenters. The van der Waals surface area contributed by atoms with Crippen molar-refractivity contribution in [2.45, 2.75) is 32.7 Å². The van der Waals surface area contributed by atoms with E-state index in [0.29, 0.717) is 18.9 Å². The Morgan fingerprint density at radius 3 is 3.05 bits per heavy atom. The first-order valence-corrected chi connectivity index (χ1v) is 7.40. The Labute approximate surface area is 126 Å². The summed E-state index contributed by atoms with van der Waals surface area (Å²) in [4.78, 5) is 15.7. The summed E-state index contributed by atoms with van der Waals surface area (Å²) >= 11 is 3.44. The predicted octanol–water partition coefficient (Wildman–Crippen LogP) is 3.22. The van der Waals surface area contributed by atoms with Crippen molar-refractivity contribution in [3.05, 3.63) is 40.6 Å². The molecule has 2 aromatic rings. The third-order valence-corrected chi connectivity index (χ3v) is 3.27.